The molecular weight excluding hydrogens is 529 g/mol. The highest BCUT2D eigenvalue weighted by atomic mass is 35.5. The van der Waals surface area contributed by atoms with Crippen LogP contribution in [0.1, 0.15) is 45.0 Å². The Morgan fingerprint density at radius 1 is 1.03 bits per heavy atom. The molecule has 0 aliphatic carbocycles. The molecule has 1 aromatic heterocycles. The molecule has 0 saturated carbocycles. The lowest BCUT2D eigenvalue weighted by molar-refractivity contribution is -0.139. The molecule has 9 heteroatoms. The van der Waals surface area contributed by atoms with E-state index in [2.05, 4.69) is 4.98 Å². The maximum absolute atomic E-state index is 13.7. The summed E-state index contributed by atoms with van der Waals surface area (Å²) in [6.45, 7) is 1.74. The molecule has 2 aromatic carbocycles. The van der Waals surface area contributed by atoms with E-state index in [1.165, 1.54) is 6.08 Å². The Kier molecular flexibility index (Phi) is 8.69. The van der Waals surface area contributed by atoms with Crippen molar-refractivity contribution in [3.63, 3.8) is 0 Å². The van der Waals surface area contributed by atoms with Crippen LogP contribution in [0.4, 0.5) is 13.2 Å². The minimum absolute atomic E-state index is 0.000179. The van der Waals surface area contributed by atoms with Gasteiger partial charge in [0, 0.05) is 18.2 Å². The zero-order chi connectivity index (χ0) is 25.0. The molecule has 178 valence electrons. The number of carbonyl (C=O) groups excluding carboxylic acids is 1. The van der Waals surface area contributed by atoms with Crippen LogP contribution in [-0.2, 0) is 6.42 Å². The van der Waals surface area contributed by atoms with E-state index in [1.54, 1.807) is 37.4 Å². The number of aromatic nitrogens is 1. The molecular formula is C25H18Cl4F3NO. The first-order valence-corrected chi connectivity index (χ1v) is 11.6. The monoisotopic (exact) mass is 545 g/mol. The van der Waals surface area contributed by atoms with Gasteiger partial charge in [-0.1, -0.05) is 82.8 Å². The summed E-state index contributed by atoms with van der Waals surface area (Å²) in [4.78, 5) is 16.6. The topological polar surface area (TPSA) is 30.0 Å². The number of carbonyl (C=O) groups is 1. The normalized spacial score (nSPS) is 12.8. The number of halogens is 7. The highest BCUT2D eigenvalue weighted by molar-refractivity contribution is 6.48. The Labute approximate surface area is 215 Å². The summed E-state index contributed by atoms with van der Waals surface area (Å²) >= 11 is 23.5. The molecule has 2 nitrogen and oxygen atoms in total. The van der Waals surface area contributed by atoms with Crippen molar-refractivity contribution in [2.45, 2.75) is 31.9 Å². The van der Waals surface area contributed by atoms with Gasteiger partial charge in [-0.05, 0) is 53.8 Å². The first kappa shape index (κ1) is 26.6. The molecule has 0 bridgehead atoms. The lowest BCUT2D eigenvalue weighted by Crippen LogP contribution is -2.19. The predicted molar refractivity (Wildman–Crippen MR) is 132 cm³/mol. The number of benzene rings is 2. The Hall–Kier alpha value is -2.05. The molecule has 1 unspecified atom stereocenters. The number of allylic oxidation sites excluding steroid dienone is 1. The summed E-state index contributed by atoms with van der Waals surface area (Å²) < 4.78 is 41.2. The third-order valence-electron chi connectivity index (χ3n) is 5.18. The number of hydrogen-bond donors (Lipinski definition) is 0. The second-order valence-electron chi connectivity index (χ2n) is 7.66. The van der Waals surface area contributed by atoms with Gasteiger partial charge >= 0.3 is 6.18 Å². The van der Waals surface area contributed by atoms with Crippen LogP contribution in [-0.4, -0.2) is 16.9 Å². The third-order valence-corrected chi connectivity index (χ3v) is 6.60. The van der Waals surface area contributed by atoms with Crippen molar-refractivity contribution in [3.8, 4) is 0 Å². The lowest BCUT2D eigenvalue weighted by atomic mass is 9.95. The highest BCUT2D eigenvalue weighted by Crippen LogP contribution is 2.41. The van der Waals surface area contributed by atoms with Gasteiger partial charge in [-0.2, -0.15) is 13.2 Å². The number of ketones is 1. The number of aryl methyl sites for hydroxylation is 2. The molecule has 0 aliphatic rings. The van der Waals surface area contributed by atoms with Crippen LogP contribution < -0.4 is 0 Å². The van der Waals surface area contributed by atoms with E-state index in [9.17, 15) is 18.0 Å². The molecule has 0 fully saturated rings. The van der Waals surface area contributed by atoms with Crippen LogP contribution in [0.2, 0.25) is 20.2 Å². The number of rotatable bonds is 7. The molecule has 1 heterocycles. The second-order valence-corrected chi connectivity index (χ2v) is 9.24. The smallest absolute Gasteiger partial charge is 0.294 e. The number of hydrogen-bond acceptors (Lipinski definition) is 2. The quantitative estimate of drug-likeness (QED) is 0.168. The minimum atomic E-state index is -4.57. The van der Waals surface area contributed by atoms with E-state index >= 15 is 0 Å². The van der Waals surface area contributed by atoms with Gasteiger partial charge in [-0.3, -0.25) is 4.79 Å². The van der Waals surface area contributed by atoms with E-state index in [4.69, 9.17) is 46.4 Å². The van der Waals surface area contributed by atoms with E-state index in [1.807, 2.05) is 6.07 Å². The van der Waals surface area contributed by atoms with Gasteiger partial charge in [0.15, 0.2) is 5.78 Å². The largest absolute Gasteiger partial charge is 0.399 e. The zero-order valence-electron chi connectivity index (χ0n) is 17.8. The molecule has 0 amide bonds. The zero-order valence-corrected chi connectivity index (χ0v) is 20.8. The average molecular weight is 547 g/mol. The molecule has 0 saturated heterocycles. The second kappa shape index (κ2) is 11.1. The average Bonchev–Trinajstić information content (AvgIpc) is 2.76. The van der Waals surface area contributed by atoms with E-state index in [0.717, 1.165) is 23.8 Å². The molecule has 0 aliphatic heterocycles. The predicted octanol–water partition coefficient (Wildman–Crippen LogP) is 9.18. The van der Waals surface area contributed by atoms with Crippen molar-refractivity contribution >= 4 is 58.3 Å². The van der Waals surface area contributed by atoms with E-state index < -0.39 is 12.1 Å². The number of Topliss-reactive ketones (excluding diaryl/α,β-unsaturated/α-hetero) is 1. The van der Waals surface area contributed by atoms with Crippen molar-refractivity contribution in [2.75, 3.05) is 0 Å². The maximum Gasteiger partial charge on any atom is 0.399 e. The number of alkyl halides is 3. The van der Waals surface area contributed by atoms with Gasteiger partial charge in [0.2, 0.25) is 0 Å². The molecule has 3 aromatic rings. The van der Waals surface area contributed by atoms with Gasteiger partial charge in [0.05, 0.1) is 21.0 Å². The van der Waals surface area contributed by atoms with Gasteiger partial charge in [0.1, 0.15) is 5.15 Å². The number of pyridine rings is 1. The Balaban J connectivity index is 1.77. The van der Waals surface area contributed by atoms with E-state index in [0.29, 0.717) is 28.3 Å². The Morgan fingerprint density at radius 3 is 2.26 bits per heavy atom. The van der Waals surface area contributed by atoms with Gasteiger partial charge in [-0.15, -0.1) is 0 Å². The SMILES string of the molecule is Cc1cc(/C=C/C(c2cc(Cl)c(Cl)c(Cl)c2)C(F)(F)F)ccc1C(=O)CCc1ccc(Cl)nc1. The van der Waals surface area contributed by atoms with Crippen molar-refractivity contribution in [2.24, 2.45) is 0 Å². The fourth-order valence-electron chi connectivity index (χ4n) is 3.42. The summed E-state index contributed by atoms with van der Waals surface area (Å²) in [6.07, 6.45) is 0.207. The van der Waals surface area contributed by atoms with Crippen LogP contribution in [0, 0.1) is 6.92 Å². The van der Waals surface area contributed by atoms with Crippen LogP contribution in [0.3, 0.4) is 0 Å². The molecule has 3 rings (SSSR count). The molecule has 0 N–H and O–H groups in total. The maximum atomic E-state index is 13.7. The van der Waals surface area contributed by atoms with Gasteiger partial charge in [-0.25, -0.2) is 4.98 Å². The first-order valence-electron chi connectivity index (χ1n) is 10.1. The highest BCUT2D eigenvalue weighted by Gasteiger charge is 2.39. The minimum Gasteiger partial charge on any atom is -0.294 e. The third kappa shape index (κ3) is 6.76. The standard InChI is InChI=1S/C25H18Cl4F3NO/c1-14-10-15(2-6-18(14)22(34)8-4-16-5-9-23(28)33-13-16)3-7-19(25(30,31)32)17-11-20(26)24(29)21(27)12-17/h2-3,5-7,9-13,19H,4,8H2,1H3/b7-3+. The fourth-order valence-corrected chi connectivity index (χ4v) is 4.15. The van der Waals surface area contributed by atoms with Crippen molar-refractivity contribution in [1.29, 1.82) is 0 Å². The summed E-state index contributed by atoms with van der Waals surface area (Å²) in [5.74, 6) is -2.00. The summed E-state index contributed by atoms with van der Waals surface area (Å²) in [7, 11) is 0. The van der Waals surface area contributed by atoms with Crippen LogP contribution in [0.25, 0.3) is 6.08 Å². The Morgan fingerprint density at radius 2 is 1.71 bits per heavy atom. The van der Waals surface area contributed by atoms with Crippen LogP contribution >= 0.6 is 46.4 Å². The molecule has 0 radical (unpaired) electrons. The Bertz CT molecular complexity index is 1200. The molecule has 1 atom stereocenters. The van der Waals surface area contributed by atoms with E-state index in [-0.39, 0.29) is 32.8 Å². The molecule has 34 heavy (non-hydrogen) atoms. The summed E-state index contributed by atoms with van der Waals surface area (Å²) in [5, 5.41) is 0.268. The van der Waals surface area contributed by atoms with Crippen molar-refractivity contribution in [3.05, 3.63) is 103 Å². The van der Waals surface area contributed by atoms with Gasteiger partial charge < -0.3 is 0 Å². The fraction of sp³-hybridized carbons (Fsp3) is 0.200. The van der Waals surface area contributed by atoms with Crippen molar-refractivity contribution in [1.82, 2.24) is 4.98 Å². The van der Waals surface area contributed by atoms with Crippen LogP contribution in [0.5, 0.6) is 0 Å². The van der Waals surface area contributed by atoms with Crippen molar-refractivity contribution < 1.29 is 18.0 Å². The number of nitrogens with zero attached hydrogens (tertiary/aromatic N) is 1. The molecule has 0 spiro atoms. The van der Waals surface area contributed by atoms with Crippen LogP contribution in [0.15, 0.2) is 54.7 Å². The lowest BCUT2D eigenvalue weighted by Gasteiger charge is -2.18. The van der Waals surface area contributed by atoms with Gasteiger partial charge in [0.25, 0.3) is 0 Å². The first-order chi connectivity index (χ1) is 16.0. The summed E-state index contributed by atoms with van der Waals surface area (Å²) in [5.41, 5.74) is 2.47. The summed E-state index contributed by atoms with van der Waals surface area (Å²) in [6, 6.07) is 10.7.